The third kappa shape index (κ3) is 6.42. The van der Waals surface area contributed by atoms with Crippen LogP contribution in [0.1, 0.15) is 30.2 Å². The second kappa shape index (κ2) is 10.5. The second-order valence-electron chi connectivity index (χ2n) is 5.67. The molecular formula is C17H28Cl2N4. The summed E-state index contributed by atoms with van der Waals surface area (Å²) in [7, 11) is 4.12. The van der Waals surface area contributed by atoms with E-state index in [1.165, 1.54) is 16.8 Å². The highest BCUT2D eigenvalue weighted by atomic mass is 35.5. The first-order chi connectivity index (χ1) is 10.1. The largest absolute Gasteiger partial charge is 0.378 e. The molecule has 23 heavy (non-hydrogen) atoms. The number of benzene rings is 1. The number of aromatic nitrogens is 2. The maximum absolute atomic E-state index is 4.53. The van der Waals surface area contributed by atoms with Gasteiger partial charge >= 0.3 is 0 Å². The summed E-state index contributed by atoms with van der Waals surface area (Å²) in [5.41, 5.74) is 4.95. The molecule has 2 rings (SSSR count). The van der Waals surface area contributed by atoms with Crippen LogP contribution in [0.15, 0.2) is 30.5 Å². The monoisotopic (exact) mass is 358 g/mol. The number of halogens is 2. The van der Waals surface area contributed by atoms with Crippen LogP contribution in [0.4, 0.5) is 5.69 Å². The van der Waals surface area contributed by atoms with Crippen molar-refractivity contribution in [3.63, 3.8) is 0 Å². The number of hydrogen-bond donors (Lipinski definition) is 1. The lowest BCUT2D eigenvalue weighted by atomic mass is 10.2. The van der Waals surface area contributed by atoms with Gasteiger partial charge in [0.15, 0.2) is 0 Å². The molecule has 0 saturated carbocycles. The number of anilines is 1. The van der Waals surface area contributed by atoms with E-state index in [4.69, 9.17) is 0 Å². The summed E-state index contributed by atoms with van der Waals surface area (Å²) in [6.45, 7) is 6.99. The molecule has 0 aliphatic rings. The highest BCUT2D eigenvalue weighted by molar-refractivity contribution is 5.85. The minimum Gasteiger partial charge on any atom is -0.378 e. The van der Waals surface area contributed by atoms with Crippen molar-refractivity contribution in [2.24, 2.45) is 0 Å². The molecule has 0 amide bonds. The van der Waals surface area contributed by atoms with Crippen molar-refractivity contribution >= 4 is 30.5 Å². The number of aryl methyl sites for hydroxylation is 2. The van der Waals surface area contributed by atoms with Crippen molar-refractivity contribution in [2.75, 3.05) is 19.0 Å². The Morgan fingerprint density at radius 3 is 2.30 bits per heavy atom. The van der Waals surface area contributed by atoms with Crippen LogP contribution in [0.25, 0.3) is 0 Å². The number of nitrogens with one attached hydrogen (secondary N) is 1. The summed E-state index contributed by atoms with van der Waals surface area (Å²) < 4.78 is 2.04. The summed E-state index contributed by atoms with van der Waals surface area (Å²) in [5, 5.41) is 8.02. The fourth-order valence-electron chi connectivity index (χ4n) is 2.33. The van der Waals surface area contributed by atoms with Gasteiger partial charge in [-0.3, -0.25) is 4.68 Å². The van der Waals surface area contributed by atoms with Crippen LogP contribution in [-0.2, 0) is 19.6 Å². The van der Waals surface area contributed by atoms with Gasteiger partial charge in [0.1, 0.15) is 0 Å². The molecule has 0 bridgehead atoms. The Morgan fingerprint density at radius 1 is 1.09 bits per heavy atom. The van der Waals surface area contributed by atoms with E-state index >= 15 is 0 Å². The zero-order chi connectivity index (χ0) is 15.2. The molecule has 1 heterocycles. The Labute approximate surface area is 152 Å². The summed E-state index contributed by atoms with van der Waals surface area (Å²) in [5.74, 6) is 0. The Bertz CT molecular complexity index is 564. The summed E-state index contributed by atoms with van der Waals surface area (Å²) in [6, 6.07) is 8.66. The molecule has 0 spiro atoms. The van der Waals surface area contributed by atoms with Crippen LogP contribution >= 0.6 is 24.8 Å². The van der Waals surface area contributed by atoms with Crippen LogP contribution in [0.3, 0.4) is 0 Å². The van der Waals surface area contributed by atoms with Gasteiger partial charge in [-0.2, -0.15) is 5.10 Å². The van der Waals surface area contributed by atoms with Crippen LogP contribution < -0.4 is 10.2 Å². The molecule has 1 aromatic carbocycles. The van der Waals surface area contributed by atoms with Gasteiger partial charge < -0.3 is 10.2 Å². The Morgan fingerprint density at radius 2 is 1.74 bits per heavy atom. The Balaban J connectivity index is 0.00000242. The van der Waals surface area contributed by atoms with Gasteiger partial charge in [0, 0.05) is 51.2 Å². The van der Waals surface area contributed by atoms with E-state index < -0.39 is 0 Å². The zero-order valence-electron chi connectivity index (χ0n) is 14.4. The first kappa shape index (κ1) is 21.8. The highest BCUT2D eigenvalue weighted by Crippen LogP contribution is 2.12. The van der Waals surface area contributed by atoms with E-state index in [9.17, 15) is 0 Å². The SMILES string of the molecule is CCCn1cc(CNCc2ccc(N(C)C)cc2)c(C)n1.Cl.Cl. The third-order valence-electron chi connectivity index (χ3n) is 3.60. The molecule has 2 aromatic rings. The zero-order valence-corrected chi connectivity index (χ0v) is 16.0. The van der Waals surface area contributed by atoms with Gasteiger partial charge in [0.25, 0.3) is 0 Å². The molecule has 0 aliphatic carbocycles. The molecule has 1 N–H and O–H groups in total. The Hall–Kier alpha value is -1.23. The van der Waals surface area contributed by atoms with Crippen molar-refractivity contribution in [1.82, 2.24) is 15.1 Å². The fraction of sp³-hybridized carbons (Fsp3) is 0.471. The molecule has 4 nitrogen and oxygen atoms in total. The fourth-order valence-corrected chi connectivity index (χ4v) is 2.33. The van der Waals surface area contributed by atoms with Crippen LogP contribution in [0, 0.1) is 6.92 Å². The molecule has 0 atom stereocenters. The van der Waals surface area contributed by atoms with Gasteiger partial charge in [-0.25, -0.2) is 0 Å². The number of hydrogen-bond acceptors (Lipinski definition) is 3. The smallest absolute Gasteiger partial charge is 0.0638 e. The van der Waals surface area contributed by atoms with Gasteiger partial charge in [0.2, 0.25) is 0 Å². The topological polar surface area (TPSA) is 33.1 Å². The van der Waals surface area contributed by atoms with E-state index in [-0.39, 0.29) is 24.8 Å². The molecule has 0 radical (unpaired) electrons. The Kier molecular flexibility index (Phi) is 9.96. The molecular weight excluding hydrogens is 331 g/mol. The van der Waals surface area contributed by atoms with Gasteiger partial charge in [0.05, 0.1) is 5.69 Å². The lowest BCUT2D eigenvalue weighted by Gasteiger charge is -2.12. The molecule has 0 aliphatic heterocycles. The van der Waals surface area contributed by atoms with Crippen molar-refractivity contribution in [3.8, 4) is 0 Å². The lowest BCUT2D eigenvalue weighted by Crippen LogP contribution is -2.13. The van der Waals surface area contributed by atoms with Gasteiger partial charge in [-0.15, -0.1) is 24.8 Å². The van der Waals surface area contributed by atoms with E-state index in [0.717, 1.165) is 31.7 Å². The maximum Gasteiger partial charge on any atom is 0.0638 e. The van der Waals surface area contributed by atoms with E-state index in [2.05, 4.69) is 73.7 Å². The molecule has 6 heteroatoms. The van der Waals surface area contributed by atoms with E-state index in [0.29, 0.717) is 0 Å². The first-order valence-corrected chi connectivity index (χ1v) is 7.60. The number of nitrogens with zero attached hydrogens (tertiary/aromatic N) is 3. The van der Waals surface area contributed by atoms with Gasteiger partial charge in [-0.1, -0.05) is 19.1 Å². The predicted octanol–water partition coefficient (Wildman–Crippen LogP) is 3.80. The lowest BCUT2D eigenvalue weighted by molar-refractivity contribution is 0.597. The summed E-state index contributed by atoms with van der Waals surface area (Å²) in [4.78, 5) is 2.11. The maximum atomic E-state index is 4.53. The summed E-state index contributed by atoms with van der Waals surface area (Å²) in [6.07, 6.45) is 3.27. The minimum atomic E-state index is 0. The van der Waals surface area contributed by atoms with Crippen molar-refractivity contribution < 1.29 is 0 Å². The first-order valence-electron chi connectivity index (χ1n) is 7.60. The standard InChI is InChI=1S/C17H26N4.2ClH/c1-5-10-21-13-16(14(2)19-21)12-18-11-15-6-8-17(9-7-15)20(3)4;;/h6-9,13,18H,5,10-12H2,1-4H3;2*1H. The van der Waals surface area contributed by atoms with Crippen LogP contribution in [0.2, 0.25) is 0 Å². The van der Waals surface area contributed by atoms with Crippen LogP contribution in [0.5, 0.6) is 0 Å². The predicted molar refractivity (Wildman–Crippen MR) is 103 cm³/mol. The van der Waals surface area contributed by atoms with Crippen molar-refractivity contribution in [2.45, 2.75) is 39.9 Å². The quantitative estimate of drug-likeness (QED) is 0.816. The van der Waals surface area contributed by atoms with Crippen molar-refractivity contribution in [1.29, 1.82) is 0 Å². The average molecular weight is 359 g/mol. The molecule has 1 aromatic heterocycles. The summed E-state index contributed by atoms with van der Waals surface area (Å²) >= 11 is 0. The molecule has 130 valence electrons. The molecule has 0 saturated heterocycles. The minimum absolute atomic E-state index is 0. The van der Waals surface area contributed by atoms with Gasteiger partial charge in [-0.05, 0) is 31.0 Å². The van der Waals surface area contributed by atoms with Crippen LogP contribution in [-0.4, -0.2) is 23.9 Å². The van der Waals surface area contributed by atoms with Crippen molar-refractivity contribution in [3.05, 3.63) is 47.3 Å². The van der Waals surface area contributed by atoms with E-state index in [1.54, 1.807) is 0 Å². The third-order valence-corrected chi connectivity index (χ3v) is 3.60. The molecule has 0 fully saturated rings. The molecule has 0 unspecified atom stereocenters. The average Bonchev–Trinajstić information content (AvgIpc) is 2.80. The normalized spacial score (nSPS) is 9.91. The number of rotatable bonds is 7. The highest BCUT2D eigenvalue weighted by Gasteiger charge is 2.04. The van der Waals surface area contributed by atoms with E-state index in [1.807, 2.05) is 4.68 Å². The second-order valence-corrected chi connectivity index (χ2v) is 5.67.